The molecule has 5 rings (SSSR count). The lowest BCUT2D eigenvalue weighted by Gasteiger charge is -2.35. The first-order valence-electron chi connectivity index (χ1n) is 10.1. The van der Waals surface area contributed by atoms with E-state index in [-0.39, 0.29) is 17.7 Å². The average molecular weight is 426 g/mol. The Kier molecular flexibility index (Phi) is 4.65. The van der Waals surface area contributed by atoms with Crippen LogP contribution in [0, 0.1) is 12.8 Å². The Bertz CT molecular complexity index is 1130. The Morgan fingerprint density at radius 3 is 2.63 bits per heavy atom. The number of hydrogen-bond acceptors (Lipinski definition) is 7. The van der Waals surface area contributed by atoms with Crippen LogP contribution in [-0.2, 0) is 11.8 Å². The molecule has 3 aromatic heterocycles. The van der Waals surface area contributed by atoms with E-state index in [9.17, 15) is 9.59 Å². The molecule has 1 saturated carbocycles. The van der Waals surface area contributed by atoms with Crippen molar-refractivity contribution in [1.82, 2.24) is 24.6 Å². The van der Waals surface area contributed by atoms with Crippen molar-refractivity contribution in [3.8, 4) is 0 Å². The zero-order valence-corrected chi connectivity index (χ0v) is 17.8. The number of amides is 2. The van der Waals surface area contributed by atoms with E-state index >= 15 is 0 Å². The molecule has 0 bridgehead atoms. The minimum atomic E-state index is 0.0111. The Balaban J connectivity index is 1.25. The molecule has 30 heavy (non-hydrogen) atoms. The first kappa shape index (κ1) is 19.0. The van der Waals surface area contributed by atoms with Crippen molar-refractivity contribution in [3.05, 3.63) is 29.0 Å². The fraction of sp³-hybridized carbons (Fsp3) is 0.450. The molecule has 0 spiro atoms. The molecule has 10 heteroatoms. The van der Waals surface area contributed by atoms with Crippen LogP contribution in [0.4, 0.5) is 10.8 Å². The molecule has 0 radical (unpaired) electrons. The molecule has 2 amide bonds. The van der Waals surface area contributed by atoms with E-state index < -0.39 is 0 Å². The van der Waals surface area contributed by atoms with E-state index in [1.165, 1.54) is 11.3 Å². The number of piperazine rings is 1. The highest BCUT2D eigenvalue weighted by Crippen LogP contribution is 2.32. The van der Waals surface area contributed by atoms with Gasteiger partial charge < -0.3 is 15.1 Å². The summed E-state index contributed by atoms with van der Waals surface area (Å²) in [7, 11) is 1.87. The summed E-state index contributed by atoms with van der Waals surface area (Å²) in [5.74, 6) is 1.80. The highest BCUT2D eigenvalue weighted by molar-refractivity contribution is 7.18. The second kappa shape index (κ2) is 7.35. The van der Waals surface area contributed by atoms with Crippen LogP contribution < -0.4 is 10.2 Å². The van der Waals surface area contributed by atoms with Crippen molar-refractivity contribution in [1.29, 1.82) is 0 Å². The van der Waals surface area contributed by atoms with Crippen molar-refractivity contribution in [2.24, 2.45) is 13.0 Å². The number of fused-ring (bicyclic) bond motifs is 1. The minimum Gasteiger partial charge on any atom is -0.352 e. The summed E-state index contributed by atoms with van der Waals surface area (Å²) in [5.41, 5.74) is 0.815. The molecule has 2 fully saturated rings. The lowest BCUT2D eigenvalue weighted by molar-refractivity contribution is -0.117. The standard InChI is InChI=1S/C20H23N7O2S/c1-12-22-17-14(11-21-25(17)2)18(23-12)26-7-9-27(10-8-26)20(29)15-5-6-16(30-15)24-19(28)13-3-4-13/h5-6,11,13H,3-4,7-10H2,1-2H3,(H,24,28). The minimum absolute atomic E-state index is 0.0111. The number of nitrogens with one attached hydrogen (secondary N) is 1. The van der Waals surface area contributed by atoms with E-state index in [0.717, 1.165) is 34.7 Å². The molecule has 156 valence electrons. The lowest BCUT2D eigenvalue weighted by atomic mass is 10.2. The fourth-order valence-electron chi connectivity index (χ4n) is 3.72. The van der Waals surface area contributed by atoms with E-state index in [2.05, 4.69) is 25.3 Å². The number of thiophene rings is 1. The third-order valence-electron chi connectivity index (χ3n) is 5.56. The second-order valence-electron chi connectivity index (χ2n) is 7.81. The van der Waals surface area contributed by atoms with Gasteiger partial charge in [0.1, 0.15) is 11.6 Å². The number of aromatic nitrogens is 4. The smallest absolute Gasteiger partial charge is 0.264 e. The van der Waals surface area contributed by atoms with Gasteiger partial charge in [0.05, 0.1) is 21.5 Å². The van der Waals surface area contributed by atoms with Crippen LogP contribution in [0.2, 0.25) is 0 Å². The fourth-order valence-corrected chi connectivity index (χ4v) is 4.60. The van der Waals surface area contributed by atoms with Crippen LogP contribution in [0.25, 0.3) is 11.0 Å². The lowest BCUT2D eigenvalue weighted by Crippen LogP contribution is -2.49. The van der Waals surface area contributed by atoms with Crippen molar-refractivity contribution in [3.63, 3.8) is 0 Å². The van der Waals surface area contributed by atoms with E-state index in [1.807, 2.05) is 24.9 Å². The quantitative estimate of drug-likeness (QED) is 0.687. The van der Waals surface area contributed by atoms with Gasteiger partial charge in [-0.25, -0.2) is 9.97 Å². The number of hydrogen-bond donors (Lipinski definition) is 1. The summed E-state index contributed by atoms with van der Waals surface area (Å²) in [5, 5.41) is 8.89. The van der Waals surface area contributed by atoms with Crippen LogP contribution in [0.5, 0.6) is 0 Å². The van der Waals surface area contributed by atoms with Gasteiger partial charge in [-0.2, -0.15) is 5.10 Å². The van der Waals surface area contributed by atoms with Gasteiger partial charge in [-0.15, -0.1) is 11.3 Å². The average Bonchev–Trinajstić information content (AvgIpc) is 3.41. The molecule has 0 atom stereocenters. The second-order valence-corrected chi connectivity index (χ2v) is 8.89. The summed E-state index contributed by atoms with van der Waals surface area (Å²) < 4.78 is 1.75. The molecular formula is C20H23N7O2S. The van der Waals surface area contributed by atoms with Gasteiger partial charge in [-0.1, -0.05) is 0 Å². The summed E-state index contributed by atoms with van der Waals surface area (Å²) in [6.45, 7) is 4.51. The number of carbonyl (C=O) groups is 2. The zero-order chi connectivity index (χ0) is 20.8. The molecular weight excluding hydrogens is 402 g/mol. The molecule has 4 heterocycles. The van der Waals surface area contributed by atoms with E-state index in [1.54, 1.807) is 16.9 Å². The topological polar surface area (TPSA) is 96.3 Å². The first-order chi connectivity index (χ1) is 14.5. The molecule has 1 saturated heterocycles. The number of aryl methyl sites for hydroxylation is 2. The maximum absolute atomic E-state index is 12.9. The molecule has 1 aliphatic heterocycles. The van der Waals surface area contributed by atoms with Crippen LogP contribution in [-0.4, -0.2) is 62.6 Å². The Labute approximate surface area is 177 Å². The van der Waals surface area contributed by atoms with Gasteiger partial charge in [0, 0.05) is 39.1 Å². The molecule has 0 unspecified atom stereocenters. The van der Waals surface area contributed by atoms with E-state index in [0.29, 0.717) is 36.9 Å². The highest BCUT2D eigenvalue weighted by Gasteiger charge is 2.30. The van der Waals surface area contributed by atoms with Crippen molar-refractivity contribution < 1.29 is 9.59 Å². The van der Waals surface area contributed by atoms with Crippen LogP contribution in [0.15, 0.2) is 18.3 Å². The van der Waals surface area contributed by atoms with Gasteiger partial charge in [-0.05, 0) is 31.9 Å². The van der Waals surface area contributed by atoms with Crippen LogP contribution >= 0.6 is 11.3 Å². The SMILES string of the molecule is Cc1nc(N2CCN(C(=O)c3ccc(NC(=O)C4CC4)s3)CC2)c2cnn(C)c2n1. The van der Waals surface area contributed by atoms with Gasteiger partial charge in [-0.3, -0.25) is 14.3 Å². The summed E-state index contributed by atoms with van der Waals surface area (Å²) in [4.78, 5) is 38.7. The van der Waals surface area contributed by atoms with Crippen molar-refractivity contribution in [2.75, 3.05) is 36.4 Å². The van der Waals surface area contributed by atoms with Crippen LogP contribution in [0.1, 0.15) is 28.3 Å². The predicted octanol–water partition coefficient (Wildman–Crippen LogP) is 2.04. The maximum atomic E-state index is 12.9. The number of carbonyl (C=O) groups excluding carboxylic acids is 2. The predicted molar refractivity (Wildman–Crippen MR) is 115 cm³/mol. The van der Waals surface area contributed by atoms with Crippen molar-refractivity contribution in [2.45, 2.75) is 19.8 Å². The monoisotopic (exact) mass is 425 g/mol. The van der Waals surface area contributed by atoms with Crippen molar-refractivity contribution >= 4 is 45.0 Å². The normalized spacial score (nSPS) is 16.9. The van der Waals surface area contributed by atoms with E-state index in [4.69, 9.17) is 0 Å². The number of anilines is 2. The third kappa shape index (κ3) is 3.51. The van der Waals surface area contributed by atoms with Gasteiger partial charge in [0.25, 0.3) is 5.91 Å². The third-order valence-corrected chi connectivity index (χ3v) is 6.55. The maximum Gasteiger partial charge on any atom is 0.264 e. The Hall–Kier alpha value is -3.01. The molecule has 3 aromatic rings. The number of rotatable bonds is 4. The van der Waals surface area contributed by atoms with Gasteiger partial charge in [0.2, 0.25) is 5.91 Å². The molecule has 1 N–H and O–H groups in total. The molecule has 1 aliphatic carbocycles. The number of nitrogens with zero attached hydrogens (tertiary/aromatic N) is 6. The molecule has 2 aliphatic rings. The summed E-state index contributed by atoms with van der Waals surface area (Å²) >= 11 is 1.34. The largest absolute Gasteiger partial charge is 0.352 e. The summed E-state index contributed by atoms with van der Waals surface area (Å²) in [6, 6.07) is 3.62. The first-order valence-corrected chi connectivity index (χ1v) is 10.9. The molecule has 9 nitrogen and oxygen atoms in total. The van der Waals surface area contributed by atoms with Crippen LogP contribution in [0.3, 0.4) is 0 Å². The summed E-state index contributed by atoms with van der Waals surface area (Å²) in [6.07, 6.45) is 3.72. The Morgan fingerprint density at radius 1 is 1.13 bits per heavy atom. The van der Waals surface area contributed by atoms with Gasteiger partial charge >= 0.3 is 0 Å². The Morgan fingerprint density at radius 2 is 1.90 bits per heavy atom. The highest BCUT2D eigenvalue weighted by atomic mass is 32.1. The zero-order valence-electron chi connectivity index (χ0n) is 17.0. The molecule has 0 aromatic carbocycles. The van der Waals surface area contributed by atoms with Gasteiger partial charge in [0.15, 0.2) is 5.65 Å².